The Morgan fingerprint density at radius 3 is 2.37 bits per heavy atom. The van der Waals surface area contributed by atoms with E-state index in [9.17, 15) is 18.0 Å². The molecule has 0 saturated carbocycles. The van der Waals surface area contributed by atoms with Crippen LogP contribution >= 0.6 is 11.8 Å². The Balaban J connectivity index is 1.26. The molecule has 240 valence electrons. The van der Waals surface area contributed by atoms with Crippen molar-refractivity contribution in [2.75, 3.05) is 24.3 Å². The first-order chi connectivity index (χ1) is 21.9. The zero-order chi connectivity index (χ0) is 33.0. The lowest BCUT2D eigenvalue weighted by Gasteiger charge is -2.23. The van der Waals surface area contributed by atoms with Crippen LogP contribution in [0.3, 0.4) is 0 Å². The minimum atomic E-state index is -4.74. The fourth-order valence-corrected chi connectivity index (χ4v) is 5.94. The maximum atomic E-state index is 13.0. The number of benzene rings is 3. The average molecular weight is 650 g/mol. The predicted octanol–water partition coefficient (Wildman–Crippen LogP) is 8.64. The number of anilines is 1. The van der Waals surface area contributed by atoms with Crippen LogP contribution in [0, 0.1) is 0 Å². The van der Waals surface area contributed by atoms with Gasteiger partial charge in [-0.15, -0.1) is 13.2 Å². The number of aliphatic imine (C=N–C) groups is 1. The zero-order valence-corrected chi connectivity index (χ0v) is 26.9. The molecule has 4 aromatic rings. The Morgan fingerprint density at radius 1 is 1.02 bits per heavy atom. The molecule has 8 nitrogen and oxygen atoms in total. The van der Waals surface area contributed by atoms with Crippen LogP contribution in [0.5, 0.6) is 11.5 Å². The van der Waals surface area contributed by atoms with Crippen LogP contribution < -0.4 is 19.7 Å². The summed E-state index contributed by atoms with van der Waals surface area (Å²) in [5.74, 6) is 1.60. The fraction of sp³-hybridized carbons (Fsp3) is 0.265. The summed E-state index contributed by atoms with van der Waals surface area (Å²) in [7, 11) is 1.65. The summed E-state index contributed by atoms with van der Waals surface area (Å²) in [6.07, 6.45) is -1.35. The second kappa shape index (κ2) is 13.7. The van der Waals surface area contributed by atoms with E-state index in [1.165, 1.54) is 24.3 Å². The van der Waals surface area contributed by atoms with Crippen molar-refractivity contribution < 1.29 is 27.4 Å². The quantitative estimate of drug-likeness (QED) is 0.206. The van der Waals surface area contributed by atoms with E-state index in [0.29, 0.717) is 22.2 Å². The van der Waals surface area contributed by atoms with Gasteiger partial charge in [-0.05, 0) is 78.9 Å². The van der Waals surface area contributed by atoms with E-state index >= 15 is 0 Å². The summed E-state index contributed by atoms with van der Waals surface area (Å²) in [5, 5.41) is 3.58. The molecule has 2 heterocycles. The van der Waals surface area contributed by atoms with Gasteiger partial charge >= 0.3 is 12.4 Å². The van der Waals surface area contributed by atoms with Gasteiger partial charge in [-0.3, -0.25) is 0 Å². The highest BCUT2D eigenvalue weighted by Crippen LogP contribution is 2.35. The third-order valence-electron chi connectivity index (χ3n) is 7.54. The Kier molecular flexibility index (Phi) is 9.76. The maximum absolute atomic E-state index is 13.0. The minimum Gasteiger partial charge on any atom is -0.497 e. The smallest absolute Gasteiger partial charge is 0.497 e. The van der Waals surface area contributed by atoms with Gasteiger partial charge in [0, 0.05) is 41.1 Å². The van der Waals surface area contributed by atoms with E-state index < -0.39 is 12.4 Å². The summed E-state index contributed by atoms with van der Waals surface area (Å²) >= 11 is 1.55. The average Bonchev–Trinajstić information content (AvgIpc) is 3.70. The van der Waals surface area contributed by atoms with Crippen LogP contribution in [0.2, 0.25) is 0 Å². The number of halogens is 3. The summed E-state index contributed by atoms with van der Waals surface area (Å²) in [6.45, 7) is 8.79. The molecule has 1 aliphatic heterocycles. The largest absolute Gasteiger partial charge is 0.573 e. The Hall–Kier alpha value is -4.71. The van der Waals surface area contributed by atoms with E-state index in [2.05, 4.69) is 38.8 Å². The van der Waals surface area contributed by atoms with Crippen molar-refractivity contribution in [1.82, 2.24) is 14.9 Å². The molecule has 3 aromatic carbocycles. The van der Waals surface area contributed by atoms with Crippen LogP contribution in [-0.4, -0.2) is 46.5 Å². The molecule has 2 amide bonds. The number of carbonyl (C=O) groups is 1. The lowest BCUT2D eigenvalue weighted by atomic mass is 10.00. The van der Waals surface area contributed by atoms with Gasteiger partial charge in [0.2, 0.25) is 0 Å². The van der Waals surface area contributed by atoms with E-state index in [4.69, 9.17) is 4.74 Å². The highest BCUT2D eigenvalue weighted by atomic mass is 32.2. The van der Waals surface area contributed by atoms with Gasteiger partial charge in [0.25, 0.3) is 0 Å². The molecule has 0 unspecified atom stereocenters. The summed E-state index contributed by atoms with van der Waals surface area (Å²) in [6, 6.07) is 18.8. The highest BCUT2D eigenvalue weighted by molar-refractivity contribution is 8.14. The standard InChI is InChI=1S/C34H34F3N5O3S/c1-21(2)29-18-28(44-5)14-15-31(29)42-16-17-46-33(42)40-32(43)39-23(4)22(3)24-6-8-25(9-7-24)30-19-41(20-38-30)26-10-12-27(13-11-26)45-34(35,36)37/h6-15,18-21H,16-17H2,1-5H3,(H,39,43)/b23-22+,40-33?. The number of aromatic nitrogens is 2. The molecule has 0 spiro atoms. The topological polar surface area (TPSA) is 81.0 Å². The number of imidazole rings is 1. The van der Waals surface area contributed by atoms with Gasteiger partial charge in [0.05, 0.1) is 19.1 Å². The van der Waals surface area contributed by atoms with Crippen molar-refractivity contribution in [3.63, 3.8) is 0 Å². The van der Waals surface area contributed by atoms with Crippen LogP contribution in [0.1, 0.15) is 44.7 Å². The first-order valence-electron chi connectivity index (χ1n) is 14.6. The second-order valence-electron chi connectivity index (χ2n) is 10.9. The lowest BCUT2D eigenvalue weighted by Crippen LogP contribution is -2.28. The Morgan fingerprint density at radius 2 is 1.72 bits per heavy atom. The first-order valence-corrected chi connectivity index (χ1v) is 15.6. The molecule has 46 heavy (non-hydrogen) atoms. The molecule has 12 heteroatoms. The Bertz CT molecular complexity index is 1760. The summed E-state index contributed by atoms with van der Waals surface area (Å²) < 4.78 is 48.4. The number of ether oxygens (including phenoxy) is 2. The van der Waals surface area contributed by atoms with E-state index in [1.807, 2.05) is 56.3 Å². The Labute approximate surface area is 270 Å². The van der Waals surface area contributed by atoms with Crippen LogP contribution in [0.4, 0.5) is 23.7 Å². The number of hydrogen-bond donors (Lipinski definition) is 1. The number of methoxy groups -OCH3 is 1. The molecular formula is C34H34F3N5O3S. The van der Waals surface area contributed by atoms with E-state index in [-0.39, 0.29) is 11.7 Å². The number of carbonyl (C=O) groups excluding carboxylic acids is 1. The number of amidine groups is 1. The van der Waals surface area contributed by atoms with E-state index in [1.54, 1.807) is 36.0 Å². The molecule has 1 fully saturated rings. The number of alkyl halides is 3. The number of rotatable bonds is 8. The number of urea groups is 1. The second-order valence-corrected chi connectivity index (χ2v) is 12.0. The van der Waals surface area contributed by atoms with Crippen molar-refractivity contribution in [2.24, 2.45) is 4.99 Å². The molecule has 0 atom stereocenters. The molecule has 1 saturated heterocycles. The van der Waals surface area contributed by atoms with Gasteiger partial charge < -0.3 is 24.3 Å². The van der Waals surface area contributed by atoms with Crippen LogP contribution in [0.25, 0.3) is 22.5 Å². The van der Waals surface area contributed by atoms with Gasteiger partial charge in [0.1, 0.15) is 11.5 Å². The van der Waals surface area contributed by atoms with Crippen molar-refractivity contribution in [3.8, 4) is 28.4 Å². The summed E-state index contributed by atoms with van der Waals surface area (Å²) in [5.41, 5.74) is 6.84. The number of amides is 2. The highest BCUT2D eigenvalue weighted by Gasteiger charge is 2.31. The van der Waals surface area contributed by atoms with Crippen LogP contribution in [0.15, 0.2) is 89.9 Å². The molecule has 0 radical (unpaired) electrons. The lowest BCUT2D eigenvalue weighted by molar-refractivity contribution is -0.274. The molecule has 0 aliphatic carbocycles. The third kappa shape index (κ3) is 7.74. The fourth-order valence-electron chi connectivity index (χ4n) is 5.00. The van der Waals surface area contributed by atoms with Crippen LogP contribution in [-0.2, 0) is 0 Å². The first kappa shape index (κ1) is 32.7. The van der Waals surface area contributed by atoms with Gasteiger partial charge in [-0.2, -0.15) is 4.99 Å². The number of nitrogens with one attached hydrogen (secondary N) is 1. The third-order valence-corrected chi connectivity index (χ3v) is 8.50. The van der Waals surface area contributed by atoms with Crippen molar-refractivity contribution >= 4 is 34.2 Å². The maximum Gasteiger partial charge on any atom is 0.573 e. The molecule has 1 N–H and O–H groups in total. The van der Waals surface area contributed by atoms with Gasteiger partial charge in [-0.25, -0.2) is 9.78 Å². The van der Waals surface area contributed by atoms with E-state index in [0.717, 1.165) is 46.0 Å². The number of nitrogens with zero attached hydrogens (tertiary/aromatic N) is 4. The number of allylic oxidation sites excluding steroid dienone is 2. The van der Waals surface area contributed by atoms with Crippen molar-refractivity contribution in [2.45, 2.75) is 40.0 Å². The van der Waals surface area contributed by atoms with Crippen molar-refractivity contribution in [1.29, 1.82) is 0 Å². The molecular weight excluding hydrogens is 615 g/mol. The number of hydrogen-bond acceptors (Lipinski definition) is 5. The van der Waals surface area contributed by atoms with Crippen molar-refractivity contribution in [3.05, 3.63) is 96.1 Å². The molecule has 0 bridgehead atoms. The van der Waals surface area contributed by atoms with Gasteiger partial charge in [-0.1, -0.05) is 49.9 Å². The minimum absolute atomic E-state index is 0.267. The monoisotopic (exact) mass is 649 g/mol. The molecule has 1 aromatic heterocycles. The zero-order valence-electron chi connectivity index (χ0n) is 26.1. The normalized spacial score (nSPS) is 14.9. The van der Waals surface area contributed by atoms with Gasteiger partial charge in [0.15, 0.2) is 5.17 Å². The summed E-state index contributed by atoms with van der Waals surface area (Å²) in [4.78, 5) is 24.0. The predicted molar refractivity (Wildman–Crippen MR) is 177 cm³/mol. The molecule has 5 rings (SSSR count). The molecule has 1 aliphatic rings. The SMILES string of the molecule is COc1ccc(N2CCSC2=NC(=O)N/C(C)=C(\C)c2ccc(-c3cn(-c4ccc(OC(F)(F)F)cc4)cn3)cc2)c(C(C)C)c1. The number of thioether (sulfide) groups is 1.